The van der Waals surface area contributed by atoms with Crippen LogP contribution >= 0.6 is 15.9 Å². The van der Waals surface area contributed by atoms with E-state index in [9.17, 15) is 0 Å². The number of halogens is 1. The van der Waals surface area contributed by atoms with Gasteiger partial charge in [0, 0.05) is 28.7 Å². The first-order valence-corrected chi connectivity index (χ1v) is 6.98. The van der Waals surface area contributed by atoms with E-state index in [4.69, 9.17) is 4.74 Å². The zero-order valence-electron chi connectivity index (χ0n) is 9.95. The van der Waals surface area contributed by atoms with E-state index in [1.54, 1.807) is 0 Å². The number of fused-ring (bicyclic) bond motifs is 1. The van der Waals surface area contributed by atoms with Gasteiger partial charge in [-0.05, 0) is 53.7 Å². The number of hydrogen-bond donors (Lipinski definition) is 0. The first-order chi connectivity index (χ1) is 8.28. The molecule has 0 bridgehead atoms. The average Bonchev–Trinajstić information content (AvgIpc) is 3.07. The van der Waals surface area contributed by atoms with E-state index in [1.807, 2.05) is 13.0 Å². The first-order valence-electron chi connectivity index (χ1n) is 6.19. The van der Waals surface area contributed by atoms with Crippen molar-refractivity contribution in [1.29, 1.82) is 0 Å². The van der Waals surface area contributed by atoms with Gasteiger partial charge in [-0.1, -0.05) is 0 Å². The number of hydrogen-bond acceptors (Lipinski definition) is 1. The van der Waals surface area contributed by atoms with Crippen molar-refractivity contribution >= 4 is 26.8 Å². The van der Waals surface area contributed by atoms with Crippen molar-refractivity contribution in [3.8, 4) is 5.75 Å². The Morgan fingerprint density at radius 1 is 1.41 bits per heavy atom. The van der Waals surface area contributed by atoms with E-state index in [1.165, 1.54) is 28.2 Å². The molecule has 1 aliphatic rings. The molecule has 0 unspecified atom stereocenters. The second kappa shape index (κ2) is 4.37. The smallest absolute Gasteiger partial charge is 0.121 e. The molecule has 1 heterocycles. The van der Waals surface area contributed by atoms with Crippen LogP contribution in [0.25, 0.3) is 10.9 Å². The summed E-state index contributed by atoms with van der Waals surface area (Å²) < 4.78 is 9.09. The molecule has 0 amide bonds. The highest BCUT2D eigenvalue weighted by atomic mass is 79.9. The predicted octanol–water partition coefficient (Wildman–Crippen LogP) is 4.21. The molecule has 0 saturated heterocycles. The van der Waals surface area contributed by atoms with Crippen molar-refractivity contribution in [2.24, 2.45) is 5.92 Å². The lowest BCUT2D eigenvalue weighted by Crippen LogP contribution is -1.98. The number of aromatic nitrogens is 1. The summed E-state index contributed by atoms with van der Waals surface area (Å²) in [7, 11) is 0. The lowest BCUT2D eigenvalue weighted by molar-refractivity contribution is 0.340. The van der Waals surface area contributed by atoms with E-state index < -0.39 is 0 Å². The molecule has 0 N–H and O–H groups in total. The summed E-state index contributed by atoms with van der Waals surface area (Å²) in [5.74, 6) is 1.84. The van der Waals surface area contributed by atoms with Gasteiger partial charge in [-0.25, -0.2) is 0 Å². The highest BCUT2D eigenvalue weighted by Gasteiger charge is 2.22. The standard InChI is InChI=1S/C14H16BrNO/c1-2-17-11-5-6-12-13(15)9-16(14(12)7-11)8-10-3-4-10/h5-7,9-10H,2-4,8H2,1H3. The number of benzene rings is 1. The Morgan fingerprint density at radius 2 is 2.24 bits per heavy atom. The van der Waals surface area contributed by atoms with Crippen molar-refractivity contribution in [3.05, 3.63) is 28.9 Å². The molecule has 1 saturated carbocycles. The summed E-state index contributed by atoms with van der Waals surface area (Å²) in [6, 6.07) is 6.32. The molecule has 1 fully saturated rings. The maximum atomic E-state index is 5.57. The molecule has 2 nitrogen and oxygen atoms in total. The molecule has 0 radical (unpaired) electrons. The van der Waals surface area contributed by atoms with Crippen LogP contribution in [-0.2, 0) is 6.54 Å². The summed E-state index contributed by atoms with van der Waals surface area (Å²) in [6.45, 7) is 3.87. The second-order valence-electron chi connectivity index (χ2n) is 4.68. The predicted molar refractivity (Wildman–Crippen MR) is 73.5 cm³/mol. The largest absolute Gasteiger partial charge is 0.494 e. The van der Waals surface area contributed by atoms with Crippen LogP contribution in [0.4, 0.5) is 0 Å². The van der Waals surface area contributed by atoms with Crippen molar-refractivity contribution in [3.63, 3.8) is 0 Å². The maximum absolute atomic E-state index is 5.57. The zero-order valence-corrected chi connectivity index (χ0v) is 11.5. The quantitative estimate of drug-likeness (QED) is 0.823. The summed E-state index contributed by atoms with van der Waals surface area (Å²) in [4.78, 5) is 0. The molecule has 3 heteroatoms. The maximum Gasteiger partial charge on any atom is 0.121 e. The van der Waals surface area contributed by atoms with Gasteiger partial charge in [0.25, 0.3) is 0 Å². The van der Waals surface area contributed by atoms with Gasteiger partial charge in [0.15, 0.2) is 0 Å². The van der Waals surface area contributed by atoms with Gasteiger partial charge in [-0.2, -0.15) is 0 Å². The van der Waals surface area contributed by atoms with E-state index in [0.717, 1.165) is 24.8 Å². The summed E-state index contributed by atoms with van der Waals surface area (Å²) in [5.41, 5.74) is 1.27. The molecule has 2 aromatic rings. The molecule has 0 spiro atoms. The number of rotatable bonds is 4. The first kappa shape index (κ1) is 11.1. The molecule has 0 aliphatic heterocycles. The second-order valence-corrected chi connectivity index (χ2v) is 5.54. The number of nitrogens with zero attached hydrogens (tertiary/aromatic N) is 1. The summed E-state index contributed by atoms with van der Waals surface area (Å²) in [6.07, 6.45) is 4.95. The Kier molecular flexibility index (Phi) is 2.87. The Bertz CT molecular complexity index is 542. The minimum absolute atomic E-state index is 0.718. The van der Waals surface area contributed by atoms with Crippen LogP contribution in [0.3, 0.4) is 0 Å². The van der Waals surface area contributed by atoms with Gasteiger partial charge in [0.1, 0.15) is 5.75 Å². The molecule has 90 valence electrons. The van der Waals surface area contributed by atoms with Crippen molar-refractivity contribution in [1.82, 2.24) is 4.57 Å². The topological polar surface area (TPSA) is 14.2 Å². The minimum atomic E-state index is 0.718. The van der Waals surface area contributed by atoms with Crippen LogP contribution in [-0.4, -0.2) is 11.2 Å². The van der Waals surface area contributed by atoms with Gasteiger partial charge >= 0.3 is 0 Å². The lowest BCUT2D eigenvalue weighted by Gasteiger charge is -2.06. The van der Waals surface area contributed by atoms with Crippen molar-refractivity contribution in [2.75, 3.05) is 6.61 Å². The van der Waals surface area contributed by atoms with Crippen LogP contribution < -0.4 is 4.74 Å². The Hall–Kier alpha value is -0.960. The molecular formula is C14H16BrNO. The van der Waals surface area contributed by atoms with Crippen molar-refractivity contribution in [2.45, 2.75) is 26.3 Å². The zero-order chi connectivity index (χ0) is 11.8. The fraction of sp³-hybridized carbons (Fsp3) is 0.429. The monoisotopic (exact) mass is 293 g/mol. The molecule has 0 atom stereocenters. The molecule has 3 rings (SSSR count). The van der Waals surface area contributed by atoms with Gasteiger partial charge in [0.05, 0.1) is 12.1 Å². The van der Waals surface area contributed by atoms with Crippen LogP contribution in [0.2, 0.25) is 0 Å². The minimum Gasteiger partial charge on any atom is -0.494 e. The third-order valence-corrected chi connectivity index (χ3v) is 3.90. The highest BCUT2D eigenvalue weighted by molar-refractivity contribution is 9.10. The summed E-state index contributed by atoms with van der Waals surface area (Å²) in [5, 5.41) is 1.27. The third kappa shape index (κ3) is 2.21. The third-order valence-electron chi connectivity index (χ3n) is 3.27. The van der Waals surface area contributed by atoms with E-state index in [-0.39, 0.29) is 0 Å². The molecular weight excluding hydrogens is 278 g/mol. The van der Waals surface area contributed by atoms with Crippen LogP contribution in [0.15, 0.2) is 28.9 Å². The lowest BCUT2D eigenvalue weighted by atomic mass is 10.2. The Morgan fingerprint density at radius 3 is 2.94 bits per heavy atom. The van der Waals surface area contributed by atoms with E-state index in [2.05, 4.69) is 38.8 Å². The van der Waals surface area contributed by atoms with E-state index in [0.29, 0.717) is 0 Å². The summed E-state index contributed by atoms with van der Waals surface area (Å²) >= 11 is 3.63. The highest BCUT2D eigenvalue weighted by Crippen LogP contribution is 2.35. The normalized spacial score (nSPS) is 15.4. The molecule has 1 aromatic carbocycles. The molecule has 1 aromatic heterocycles. The van der Waals surface area contributed by atoms with Crippen LogP contribution in [0.5, 0.6) is 5.75 Å². The SMILES string of the molecule is CCOc1ccc2c(Br)cn(CC3CC3)c2c1. The molecule has 1 aliphatic carbocycles. The average molecular weight is 294 g/mol. The Balaban J connectivity index is 2.03. The number of ether oxygens (including phenoxy) is 1. The van der Waals surface area contributed by atoms with E-state index >= 15 is 0 Å². The molecule has 17 heavy (non-hydrogen) atoms. The van der Waals surface area contributed by atoms with Gasteiger partial charge < -0.3 is 9.30 Å². The van der Waals surface area contributed by atoms with Crippen LogP contribution in [0.1, 0.15) is 19.8 Å². The fourth-order valence-electron chi connectivity index (χ4n) is 2.21. The fourth-order valence-corrected chi connectivity index (χ4v) is 2.80. The van der Waals surface area contributed by atoms with Crippen LogP contribution in [0, 0.1) is 5.92 Å². The van der Waals surface area contributed by atoms with Gasteiger partial charge in [0.2, 0.25) is 0 Å². The van der Waals surface area contributed by atoms with Crippen molar-refractivity contribution < 1.29 is 4.74 Å². The van der Waals surface area contributed by atoms with Gasteiger partial charge in [-0.15, -0.1) is 0 Å². The Labute approximate surface area is 110 Å². The van der Waals surface area contributed by atoms with Gasteiger partial charge in [-0.3, -0.25) is 0 Å².